The normalized spacial score (nSPS) is 17.0. The van der Waals surface area contributed by atoms with Gasteiger partial charge >= 0.3 is 0 Å². The molecular weight excluding hydrogens is 368 g/mol. The number of hydrogen-bond acceptors (Lipinski definition) is 5. The van der Waals surface area contributed by atoms with Gasteiger partial charge in [0.15, 0.2) is 0 Å². The summed E-state index contributed by atoms with van der Waals surface area (Å²) in [6.07, 6.45) is 4.27. The lowest BCUT2D eigenvalue weighted by Crippen LogP contribution is -2.29. The highest BCUT2D eigenvalue weighted by Crippen LogP contribution is 2.18. The number of nitrogens with two attached hydrogens (primary N) is 1. The summed E-state index contributed by atoms with van der Waals surface area (Å²) in [4.78, 5) is 23.9. The summed E-state index contributed by atoms with van der Waals surface area (Å²) >= 11 is 0. The highest BCUT2D eigenvalue weighted by atomic mass is 16.5. The van der Waals surface area contributed by atoms with E-state index in [4.69, 9.17) is 10.5 Å². The van der Waals surface area contributed by atoms with Crippen LogP contribution in [0.25, 0.3) is 0 Å². The third kappa shape index (κ3) is 4.73. The predicted molar refractivity (Wildman–Crippen MR) is 112 cm³/mol. The molecule has 29 heavy (non-hydrogen) atoms. The van der Waals surface area contributed by atoms with Gasteiger partial charge in [0.25, 0.3) is 11.9 Å². The summed E-state index contributed by atoms with van der Waals surface area (Å²) < 4.78 is 5.60. The molecule has 0 spiro atoms. The number of rotatable bonds is 6. The number of aliphatic imine (C=N–C) groups is 1. The first-order valence-electron chi connectivity index (χ1n) is 9.33. The van der Waals surface area contributed by atoms with Crippen LogP contribution in [0.5, 0.6) is 0 Å². The number of carbonyl (C=O) groups is 1. The fraction of sp³-hybridized carbons (Fsp3) is 0.190. The molecule has 1 aliphatic heterocycles. The molecule has 0 saturated carbocycles. The minimum atomic E-state index is -0.205. The molecule has 1 fully saturated rings. The van der Waals surface area contributed by atoms with Gasteiger partial charge in [-0.15, -0.1) is 0 Å². The van der Waals surface area contributed by atoms with E-state index in [1.807, 2.05) is 24.3 Å². The topological polar surface area (TPSA) is 117 Å². The van der Waals surface area contributed by atoms with Crippen LogP contribution in [0.4, 0.5) is 11.4 Å². The Morgan fingerprint density at radius 3 is 2.83 bits per heavy atom. The van der Waals surface area contributed by atoms with Gasteiger partial charge in [-0.25, -0.2) is 9.98 Å². The summed E-state index contributed by atoms with van der Waals surface area (Å²) in [7, 11) is 0. The van der Waals surface area contributed by atoms with Crippen molar-refractivity contribution in [3.8, 4) is 0 Å². The molecule has 2 aromatic carbocycles. The Hall–Kier alpha value is -3.81. The molecule has 1 aromatic heterocycles. The Labute approximate surface area is 168 Å². The van der Waals surface area contributed by atoms with Crippen LogP contribution in [0.15, 0.2) is 66.0 Å². The van der Waals surface area contributed by atoms with Crippen LogP contribution in [0.3, 0.4) is 0 Å². The van der Waals surface area contributed by atoms with E-state index < -0.39 is 0 Å². The van der Waals surface area contributed by atoms with E-state index in [1.165, 1.54) is 0 Å². The summed E-state index contributed by atoms with van der Waals surface area (Å²) in [6.45, 7) is 1.03. The van der Waals surface area contributed by atoms with Crippen LogP contribution < -0.4 is 16.4 Å². The number of imidazole rings is 1. The smallest absolute Gasteiger partial charge is 0.285 e. The number of nitrogens with zero attached hydrogens (tertiary/aromatic N) is 2. The monoisotopic (exact) mass is 390 g/mol. The van der Waals surface area contributed by atoms with Crippen molar-refractivity contribution in [1.29, 1.82) is 0 Å². The quantitative estimate of drug-likeness (QED) is 0.482. The lowest BCUT2D eigenvalue weighted by atomic mass is 10.1. The number of nitrogen functional groups attached to an aromatic ring is 1. The first kappa shape index (κ1) is 18.5. The van der Waals surface area contributed by atoms with Crippen LogP contribution >= 0.6 is 0 Å². The average Bonchev–Trinajstić information content (AvgIpc) is 3.41. The van der Waals surface area contributed by atoms with Gasteiger partial charge in [0, 0.05) is 23.9 Å². The van der Waals surface area contributed by atoms with E-state index in [1.54, 1.807) is 36.8 Å². The van der Waals surface area contributed by atoms with Gasteiger partial charge in [-0.3, -0.25) is 4.79 Å². The Kier molecular flexibility index (Phi) is 5.42. The lowest BCUT2D eigenvalue weighted by Gasteiger charge is -2.08. The number of H-pyrrole nitrogens is 1. The fourth-order valence-electron chi connectivity index (χ4n) is 3.03. The summed E-state index contributed by atoms with van der Waals surface area (Å²) in [6, 6.07) is 15.2. The first-order chi connectivity index (χ1) is 14.2. The molecule has 1 aliphatic rings. The summed E-state index contributed by atoms with van der Waals surface area (Å²) in [5, 5.41) is 6.08. The number of para-hydroxylation sites is 2. The highest BCUT2D eigenvalue weighted by molar-refractivity contribution is 6.05. The van der Waals surface area contributed by atoms with E-state index in [-0.39, 0.29) is 11.9 Å². The molecule has 8 nitrogen and oxygen atoms in total. The molecule has 0 bridgehead atoms. The fourth-order valence-corrected chi connectivity index (χ4v) is 3.03. The zero-order valence-corrected chi connectivity index (χ0v) is 15.8. The second-order valence-electron chi connectivity index (χ2n) is 6.79. The van der Waals surface area contributed by atoms with Gasteiger partial charge in [-0.1, -0.05) is 24.3 Å². The lowest BCUT2D eigenvalue weighted by molar-refractivity contribution is 0.102. The molecule has 0 radical (unpaired) electrons. The third-order valence-corrected chi connectivity index (χ3v) is 4.60. The van der Waals surface area contributed by atoms with Crippen LogP contribution in [-0.4, -0.2) is 34.5 Å². The van der Waals surface area contributed by atoms with Gasteiger partial charge in [0.05, 0.1) is 30.3 Å². The molecule has 1 atom stereocenters. The van der Waals surface area contributed by atoms with E-state index in [2.05, 4.69) is 25.6 Å². The predicted octanol–water partition coefficient (Wildman–Crippen LogP) is 2.33. The third-order valence-electron chi connectivity index (χ3n) is 4.60. The zero-order valence-electron chi connectivity index (χ0n) is 15.8. The SMILES string of the molecule is Nc1ccccc1NC(=O)c1ccc(CN=C2N[C@H](Cc3cnc[nH]3)CO2)cc1. The molecule has 2 heterocycles. The van der Waals surface area contributed by atoms with Gasteiger partial charge < -0.3 is 26.1 Å². The minimum Gasteiger partial charge on any atom is -0.463 e. The number of hydrogen-bond donors (Lipinski definition) is 4. The Bertz CT molecular complexity index is 998. The standard InChI is InChI=1S/C21H22N6O2/c22-18-3-1-2-4-19(18)27-20(28)15-7-5-14(6-8-15)10-24-21-26-17(12-29-21)9-16-11-23-13-25-16/h1-8,11,13,17H,9-10,12,22H2,(H,23,25)(H,24,26)(H,27,28)/t17-/m1/s1. The van der Waals surface area contributed by atoms with Crippen molar-refractivity contribution >= 4 is 23.3 Å². The van der Waals surface area contributed by atoms with Gasteiger partial charge in [-0.2, -0.15) is 0 Å². The molecular formula is C21H22N6O2. The van der Waals surface area contributed by atoms with E-state index in [0.717, 1.165) is 17.7 Å². The maximum Gasteiger partial charge on any atom is 0.285 e. The number of amidine groups is 1. The Morgan fingerprint density at radius 2 is 2.07 bits per heavy atom. The van der Waals surface area contributed by atoms with Crippen LogP contribution in [0.1, 0.15) is 21.6 Å². The maximum absolute atomic E-state index is 12.4. The molecule has 3 aromatic rings. The first-order valence-corrected chi connectivity index (χ1v) is 9.33. The molecule has 1 amide bonds. The average molecular weight is 390 g/mol. The number of nitrogens with one attached hydrogen (secondary N) is 3. The summed E-state index contributed by atoms with van der Waals surface area (Å²) in [5.74, 6) is -0.205. The molecule has 0 unspecified atom stereocenters. The van der Waals surface area contributed by atoms with Crippen molar-refractivity contribution in [1.82, 2.24) is 15.3 Å². The van der Waals surface area contributed by atoms with Crippen LogP contribution in [0.2, 0.25) is 0 Å². The van der Waals surface area contributed by atoms with Crippen molar-refractivity contribution < 1.29 is 9.53 Å². The van der Waals surface area contributed by atoms with Gasteiger partial charge in [0.1, 0.15) is 6.61 Å². The largest absolute Gasteiger partial charge is 0.463 e. The van der Waals surface area contributed by atoms with Crippen molar-refractivity contribution in [3.63, 3.8) is 0 Å². The highest BCUT2D eigenvalue weighted by Gasteiger charge is 2.21. The Balaban J connectivity index is 1.31. The van der Waals surface area contributed by atoms with Gasteiger partial charge in [0.2, 0.25) is 0 Å². The van der Waals surface area contributed by atoms with Crippen LogP contribution in [0, 0.1) is 0 Å². The number of anilines is 2. The molecule has 148 valence electrons. The molecule has 8 heteroatoms. The van der Waals surface area contributed by atoms with E-state index in [0.29, 0.717) is 36.1 Å². The van der Waals surface area contributed by atoms with Crippen molar-refractivity contribution in [2.75, 3.05) is 17.7 Å². The number of aromatic amines is 1. The van der Waals surface area contributed by atoms with Gasteiger partial charge in [-0.05, 0) is 29.8 Å². The van der Waals surface area contributed by atoms with Crippen molar-refractivity contribution in [3.05, 3.63) is 77.9 Å². The molecule has 4 rings (SSSR count). The second-order valence-corrected chi connectivity index (χ2v) is 6.79. The van der Waals surface area contributed by atoms with Crippen LogP contribution in [-0.2, 0) is 17.7 Å². The minimum absolute atomic E-state index is 0.172. The number of amides is 1. The van der Waals surface area contributed by atoms with E-state index >= 15 is 0 Å². The summed E-state index contributed by atoms with van der Waals surface area (Å²) in [5.41, 5.74) is 9.59. The molecule has 1 saturated heterocycles. The molecule has 0 aliphatic carbocycles. The number of carbonyl (C=O) groups excluding carboxylic acids is 1. The van der Waals surface area contributed by atoms with Crippen molar-refractivity contribution in [2.45, 2.75) is 19.0 Å². The number of ether oxygens (including phenoxy) is 1. The Morgan fingerprint density at radius 1 is 1.24 bits per heavy atom. The van der Waals surface area contributed by atoms with E-state index in [9.17, 15) is 4.79 Å². The van der Waals surface area contributed by atoms with Crippen molar-refractivity contribution in [2.24, 2.45) is 4.99 Å². The second kappa shape index (κ2) is 8.47. The number of aromatic nitrogens is 2. The molecule has 5 N–H and O–H groups in total. The maximum atomic E-state index is 12.4. The zero-order chi connectivity index (χ0) is 20.1. The number of benzene rings is 2.